The van der Waals surface area contributed by atoms with Crippen molar-refractivity contribution in [3.05, 3.63) is 0 Å². The number of hydrogen-bond donors (Lipinski definition) is 0. The Kier molecular flexibility index (Phi) is 5.32. The lowest BCUT2D eigenvalue weighted by atomic mass is 9.84. The minimum absolute atomic E-state index is 0.252. The third-order valence-corrected chi connectivity index (χ3v) is 2.54. The molecule has 0 rings (SSSR count). The second kappa shape index (κ2) is 5.27. The highest BCUT2D eigenvalue weighted by Gasteiger charge is 2.17. The molecule has 4 heteroatoms. The number of rotatable bonds is 5. The summed E-state index contributed by atoms with van der Waals surface area (Å²) in [5, 5.41) is 0. The van der Waals surface area contributed by atoms with Gasteiger partial charge in [-0.25, -0.2) is 0 Å². The van der Waals surface area contributed by atoms with Crippen LogP contribution in [-0.2, 0) is 9.09 Å². The van der Waals surface area contributed by atoms with Crippen LogP contribution in [-0.4, -0.2) is 13.3 Å². The molecule has 0 aromatic rings. The average Bonchev–Trinajstić information content (AvgIpc) is 1.78. The van der Waals surface area contributed by atoms with Crippen molar-refractivity contribution < 1.29 is 13.3 Å². The molecule has 0 aromatic carbocycles. The molecule has 0 spiro atoms. The lowest BCUT2D eigenvalue weighted by Gasteiger charge is -2.23. The molecule has 0 N–H and O–H groups in total. The molecular formula is C10H22FO2P. The number of halogens is 1. The standard InChI is InChI=1S/C10H22FO2P/c1-9(8-10(2,3)4)6-7-13-14(5,11)12/h9H,6-8H2,1-5H3. The quantitative estimate of drug-likeness (QED) is 0.652. The molecule has 0 bridgehead atoms. The van der Waals surface area contributed by atoms with Gasteiger partial charge in [-0.15, -0.1) is 0 Å². The molecule has 14 heavy (non-hydrogen) atoms. The van der Waals surface area contributed by atoms with E-state index < -0.39 is 7.68 Å². The molecule has 0 saturated heterocycles. The van der Waals surface area contributed by atoms with Crippen molar-refractivity contribution in [2.75, 3.05) is 13.3 Å². The fourth-order valence-electron chi connectivity index (χ4n) is 1.56. The summed E-state index contributed by atoms with van der Waals surface area (Å²) in [5.41, 5.74) is 0.283. The highest BCUT2D eigenvalue weighted by molar-refractivity contribution is 7.52. The van der Waals surface area contributed by atoms with Crippen molar-refractivity contribution in [1.29, 1.82) is 0 Å². The van der Waals surface area contributed by atoms with E-state index >= 15 is 0 Å². The van der Waals surface area contributed by atoms with Crippen molar-refractivity contribution in [3.8, 4) is 0 Å². The molecule has 2 atom stereocenters. The van der Waals surface area contributed by atoms with E-state index in [0.29, 0.717) is 5.92 Å². The minimum atomic E-state index is -3.77. The number of hydrogen-bond acceptors (Lipinski definition) is 2. The zero-order valence-electron chi connectivity index (χ0n) is 9.84. The van der Waals surface area contributed by atoms with E-state index in [2.05, 4.69) is 32.2 Å². The molecule has 0 radical (unpaired) electrons. The van der Waals surface area contributed by atoms with Crippen molar-refractivity contribution in [3.63, 3.8) is 0 Å². The Morgan fingerprint density at radius 2 is 1.93 bits per heavy atom. The molecule has 0 saturated carbocycles. The van der Waals surface area contributed by atoms with Gasteiger partial charge in [0.05, 0.1) is 6.61 Å². The fraction of sp³-hybridized carbons (Fsp3) is 1.00. The molecule has 2 unspecified atom stereocenters. The molecule has 0 amide bonds. The zero-order valence-corrected chi connectivity index (χ0v) is 10.7. The SMILES string of the molecule is CC(CCOP(C)(=O)F)CC(C)(C)C. The molecule has 86 valence electrons. The van der Waals surface area contributed by atoms with Crippen LogP contribution in [0, 0.1) is 11.3 Å². The van der Waals surface area contributed by atoms with Gasteiger partial charge in [-0.05, 0) is 24.2 Å². The first kappa shape index (κ1) is 14.1. The van der Waals surface area contributed by atoms with E-state index in [1.807, 2.05) is 0 Å². The highest BCUT2D eigenvalue weighted by Crippen LogP contribution is 2.44. The third kappa shape index (κ3) is 10.2. The van der Waals surface area contributed by atoms with Crippen LogP contribution >= 0.6 is 7.68 Å². The van der Waals surface area contributed by atoms with Gasteiger partial charge in [0.25, 0.3) is 0 Å². The van der Waals surface area contributed by atoms with Gasteiger partial charge in [-0.2, -0.15) is 4.20 Å². The summed E-state index contributed by atoms with van der Waals surface area (Å²) >= 11 is 0. The van der Waals surface area contributed by atoms with Gasteiger partial charge >= 0.3 is 7.68 Å². The van der Waals surface area contributed by atoms with Gasteiger partial charge in [-0.3, -0.25) is 4.57 Å². The predicted octanol–water partition coefficient (Wildman–Crippen LogP) is 4.26. The predicted molar refractivity (Wildman–Crippen MR) is 58.4 cm³/mol. The molecular weight excluding hydrogens is 202 g/mol. The first-order valence-electron chi connectivity index (χ1n) is 5.02. The smallest absolute Gasteiger partial charge is 0.306 e. The third-order valence-electron chi connectivity index (χ3n) is 1.89. The molecule has 0 aromatic heterocycles. The molecule has 0 aliphatic carbocycles. The maximum absolute atomic E-state index is 12.5. The van der Waals surface area contributed by atoms with Crippen molar-refractivity contribution in [1.82, 2.24) is 0 Å². The Balaban J connectivity index is 3.66. The van der Waals surface area contributed by atoms with Crippen LogP contribution in [0.25, 0.3) is 0 Å². The van der Waals surface area contributed by atoms with Gasteiger partial charge in [0.15, 0.2) is 0 Å². The van der Waals surface area contributed by atoms with E-state index in [9.17, 15) is 8.76 Å². The largest absolute Gasteiger partial charge is 0.364 e. The summed E-state index contributed by atoms with van der Waals surface area (Å²) in [6, 6.07) is 0. The first-order chi connectivity index (χ1) is 6.10. The second-order valence-corrected chi connectivity index (χ2v) is 6.99. The van der Waals surface area contributed by atoms with Gasteiger partial charge < -0.3 is 4.52 Å². The van der Waals surface area contributed by atoms with E-state index in [4.69, 9.17) is 0 Å². The minimum Gasteiger partial charge on any atom is -0.306 e. The molecule has 0 aliphatic heterocycles. The second-order valence-electron chi connectivity index (χ2n) is 5.24. The monoisotopic (exact) mass is 224 g/mol. The summed E-state index contributed by atoms with van der Waals surface area (Å²) in [7, 11) is -3.77. The maximum atomic E-state index is 12.5. The van der Waals surface area contributed by atoms with Crippen LogP contribution in [0.15, 0.2) is 0 Å². The fourth-order valence-corrected chi connectivity index (χ4v) is 2.00. The zero-order chi connectivity index (χ0) is 11.4. The normalized spacial score (nSPS) is 19.0. The lowest BCUT2D eigenvalue weighted by Crippen LogP contribution is -2.12. The summed E-state index contributed by atoms with van der Waals surface area (Å²) in [6.07, 6.45) is 1.83. The van der Waals surface area contributed by atoms with Crippen molar-refractivity contribution in [2.45, 2.75) is 40.5 Å². The summed E-state index contributed by atoms with van der Waals surface area (Å²) in [4.78, 5) is 0. The van der Waals surface area contributed by atoms with Gasteiger partial charge in [0, 0.05) is 6.66 Å². The van der Waals surface area contributed by atoms with Crippen LogP contribution in [0.3, 0.4) is 0 Å². The molecule has 0 heterocycles. The Morgan fingerprint density at radius 3 is 2.29 bits per heavy atom. The highest BCUT2D eigenvalue weighted by atomic mass is 31.2. The van der Waals surface area contributed by atoms with Crippen LogP contribution in [0.4, 0.5) is 4.20 Å². The summed E-state index contributed by atoms with van der Waals surface area (Å²) in [6.45, 7) is 9.87. The Hall–Kier alpha value is 0.120. The van der Waals surface area contributed by atoms with E-state index in [-0.39, 0.29) is 12.0 Å². The molecule has 0 aliphatic rings. The van der Waals surface area contributed by atoms with Gasteiger partial charge in [0.2, 0.25) is 0 Å². The van der Waals surface area contributed by atoms with Gasteiger partial charge in [-0.1, -0.05) is 27.7 Å². The van der Waals surface area contributed by atoms with Gasteiger partial charge in [0.1, 0.15) is 0 Å². The van der Waals surface area contributed by atoms with Crippen LogP contribution in [0.2, 0.25) is 0 Å². The van der Waals surface area contributed by atoms with E-state index in [1.165, 1.54) is 0 Å². The molecule has 2 nitrogen and oxygen atoms in total. The van der Waals surface area contributed by atoms with Crippen molar-refractivity contribution in [2.24, 2.45) is 11.3 Å². The van der Waals surface area contributed by atoms with Crippen LogP contribution in [0.1, 0.15) is 40.5 Å². The first-order valence-corrected chi connectivity index (χ1v) is 6.98. The molecule has 0 fully saturated rings. The lowest BCUT2D eigenvalue weighted by molar-refractivity contribution is 0.233. The Bertz CT molecular complexity index is 205. The maximum Gasteiger partial charge on any atom is 0.364 e. The van der Waals surface area contributed by atoms with Crippen LogP contribution < -0.4 is 0 Å². The van der Waals surface area contributed by atoms with Crippen LogP contribution in [0.5, 0.6) is 0 Å². The topological polar surface area (TPSA) is 26.3 Å². The van der Waals surface area contributed by atoms with Crippen molar-refractivity contribution >= 4 is 7.68 Å². The Morgan fingerprint density at radius 1 is 1.43 bits per heavy atom. The Labute approximate surface area is 86.8 Å². The van der Waals surface area contributed by atoms with E-state index in [1.54, 1.807) is 0 Å². The summed E-state index contributed by atoms with van der Waals surface area (Å²) < 4.78 is 27.7. The summed E-state index contributed by atoms with van der Waals surface area (Å²) in [5.74, 6) is 0.474. The van der Waals surface area contributed by atoms with E-state index in [0.717, 1.165) is 19.5 Å². The average molecular weight is 224 g/mol.